The van der Waals surface area contributed by atoms with Crippen LogP contribution < -0.4 is 10.6 Å². The normalized spacial score (nSPS) is 21.6. The van der Waals surface area contributed by atoms with Gasteiger partial charge in [-0.15, -0.1) is 0 Å². The molecule has 0 spiro atoms. The van der Waals surface area contributed by atoms with Gasteiger partial charge in [-0.1, -0.05) is 23.4 Å². The molecule has 1 aromatic carbocycles. The van der Waals surface area contributed by atoms with E-state index in [2.05, 4.69) is 21.9 Å². The van der Waals surface area contributed by atoms with Crippen molar-refractivity contribution in [2.75, 3.05) is 18.9 Å². The lowest BCUT2D eigenvalue weighted by atomic mass is 10.1. The molecule has 0 saturated heterocycles. The third kappa shape index (κ3) is 4.68. The standard InChI is InChI=1S/C14H17NO.C5H8N2O/c16-9-11-2-1-3-12(6-11)13-7-14(13)15-8-10-4-5-10;1-4-3-5(6-2)7-8-4/h1-3,6,9-10,13-15H,4-5,7-8H2;3H,1-2H3,(H,6,7)/t13-,14?;/m1./s1. The summed E-state index contributed by atoms with van der Waals surface area (Å²) >= 11 is 0. The first-order chi connectivity index (χ1) is 11.7. The zero-order chi connectivity index (χ0) is 16.9. The molecule has 1 heterocycles. The summed E-state index contributed by atoms with van der Waals surface area (Å²) in [5, 5.41) is 10.1. The topological polar surface area (TPSA) is 67.2 Å². The van der Waals surface area contributed by atoms with Crippen molar-refractivity contribution in [1.29, 1.82) is 0 Å². The van der Waals surface area contributed by atoms with Crippen molar-refractivity contribution < 1.29 is 9.32 Å². The molecule has 4 rings (SSSR count). The van der Waals surface area contributed by atoms with Gasteiger partial charge in [-0.05, 0) is 50.3 Å². The van der Waals surface area contributed by atoms with Crippen molar-refractivity contribution in [2.45, 2.75) is 38.1 Å². The van der Waals surface area contributed by atoms with Gasteiger partial charge in [-0.2, -0.15) is 0 Å². The molecule has 0 radical (unpaired) electrons. The van der Waals surface area contributed by atoms with Gasteiger partial charge >= 0.3 is 0 Å². The zero-order valence-corrected chi connectivity index (χ0v) is 14.3. The Morgan fingerprint density at radius 2 is 2.17 bits per heavy atom. The van der Waals surface area contributed by atoms with Crippen LogP contribution in [-0.2, 0) is 0 Å². The third-order valence-corrected chi connectivity index (χ3v) is 4.52. The number of hydrogen-bond acceptors (Lipinski definition) is 5. The van der Waals surface area contributed by atoms with Crippen LogP contribution in [0.3, 0.4) is 0 Å². The van der Waals surface area contributed by atoms with Gasteiger partial charge in [0, 0.05) is 30.6 Å². The summed E-state index contributed by atoms with van der Waals surface area (Å²) in [5.74, 6) is 3.19. The molecular formula is C19H25N3O2. The number of aromatic nitrogens is 1. The fraction of sp³-hybridized carbons (Fsp3) is 0.474. The van der Waals surface area contributed by atoms with Crippen molar-refractivity contribution in [1.82, 2.24) is 10.5 Å². The average Bonchev–Trinajstić information content (AvgIpc) is 3.52. The van der Waals surface area contributed by atoms with E-state index in [9.17, 15) is 4.79 Å². The minimum absolute atomic E-state index is 0.638. The van der Waals surface area contributed by atoms with Crippen molar-refractivity contribution >= 4 is 12.1 Å². The van der Waals surface area contributed by atoms with Gasteiger partial charge < -0.3 is 15.2 Å². The number of aryl methyl sites for hydroxylation is 1. The van der Waals surface area contributed by atoms with E-state index in [0.29, 0.717) is 12.0 Å². The second-order valence-corrected chi connectivity index (χ2v) is 6.66. The van der Waals surface area contributed by atoms with E-state index in [4.69, 9.17) is 4.52 Å². The van der Waals surface area contributed by atoms with Gasteiger partial charge in [0.25, 0.3) is 0 Å². The highest BCUT2D eigenvalue weighted by atomic mass is 16.5. The van der Waals surface area contributed by atoms with Crippen LogP contribution in [0.2, 0.25) is 0 Å². The van der Waals surface area contributed by atoms with Crippen LogP contribution >= 0.6 is 0 Å². The summed E-state index contributed by atoms with van der Waals surface area (Å²) in [7, 11) is 1.80. The molecular weight excluding hydrogens is 302 g/mol. The Balaban J connectivity index is 0.000000179. The third-order valence-electron chi connectivity index (χ3n) is 4.52. The molecule has 2 aliphatic rings. The molecule has 1 aromatic heterocycles. The van der Waals surface area contributed by atoms with Crippen LogP contribution in [0.5, 0.6) is 0 Å². The molecule has 2 saturated carbocycles. The molecule has 2 aliphatic carbocycles. The molecule has 1 unspecified atom stereocenters. The fourth-order valence-electron chi connectivity index (χ4n) is 2.78. The van der Waals surface area contributed by atoms with Gasteiger partial charge in [0.15, 0.2) is 5.82 Å². The Bertz CT molecular complexity index is 679. The average molecular weight is 327 g/mol. The zero-order valence-electron chi connectivity index (χ0n) is 14.3. The highest BCUT2D eigenvalue weighted by Gasteiger charge is 2.38. The van der Waals surface area contributed by atoms with Crippen LogP contribution in [0.15, 0.2) is 34.9 Å². The Morgan fingerprint density at radius 3 is 2.75 bits per heavy atom. The maximum Gasteiger partial charge on any atom is 0.169 e. The van der Waals surface area contributed by atoms with E-state index in [1.807, 2.05) is 31.2 Å². The molecule has 2 aromatic rings. The van der Waals surface area contributed by atoms with Crippen molar-refractivity contribution in [3.05, 3.63) is 47.2 Å². The molecule has 5 nitrogen and oxygen atoms in total. The number of nitrogens with zero attached hydrogens (tertiary/aromatic N) is 1. The molecule has 0 amide bonds. The van der Waals surface area contributed by atoms with E-state index in [1.165, 1.54) is 31.4 Å². The summed E-state index contributed by atoms with van der Waals surface area (Å²) < 4.78 is 4.74. The lowest BCUT2D eigenvalue weighted by Crippen LogP contribution is -2.20. The van der Waals surface area contributed by atoms with E-state index < -0.39 is 0 Å². The van der Waals surface area contributed by atoms with Crippen LogP contribution in [0, 0.1) is 12.8 Å². The molecule has 0 bridgehead atoms. The Labute approximate surface area is 142 Å². The van der Waals surface area contributed by atoms with Crippen LogP contribution in [0.1, 0.15) is 46.9 Å². The number of anilines is 1. The molecule has 0 aliphatic heterocycles. The van der Waals surface area contributed by atoms with Crippen LogP contribution in [0.4, 0.5) is 5.82 Å². The summed E-state index contributed by atoms with van der Waals surface area (Å²) in [4.78, 5) is 10.7. The predicted molar refractivity (Wildman–Crippen MR) is 94.5 cm³/mol. The number of carbonyl (C=O) groups excluding carboxylic acids is 1. The van der Waals surface area contributed by atoms with Gasteiger partial charge in [0.2, 0.25) is 0 Å². The Kier molecular flexibility index (Phi) is 5.30. The monoisotopic (exact) mass is 327 g/mol. The van der Waals surface area contributed by atoms with Crippen LogP contribution in [0.25, 0.3) is 0 Å². The van der Waals surface area contributed by atoms with Crippen molar-refractivity contribution in [2.24, 2.45) is 5.92 Å². The highest BCUT2D eigenvalue weighted by Crippen LogP contribution is 2.41. The smallest absolute Gasteiger partial charge is 0.169 e. The lowest BCUT2D eigenvalue weighted by Gasteiger charge is -2.03. The first-order valence-electron chi connectivity index (χ1n) is 8.59. The summed E-state index contributed by atoms with van der Waals surface area (Å²) in [5.41, 5.74) is 2.11. The largest absolute Gasteiger partial charge is 0.370 e. The second kappa shape index (κ2) is 7.62. The quantitative estimate of drug-likeness (QED) is 0.796. The predicted octanol–water partition coefficient (Wildman–Crippen LogP) is 3.38. The summed E-state index contributed by atoms with van der Waals surface area (Å²) in [6, 6.07) is 10.5. The Hall–Kier alpha value is -2.14. The van der Waals surface area contributed by atoms with Gasteiger partial charge in [0.1, 0.15) is 12.0 Å². The maximum absolute atomic E-state index is 10.7. The first kappa shape index (κ1) is 16.7. The molecule has 24 heavy (non-hydrogen) atoms. The van der Waals surface area contributed by atoms with E-state index >= 15 is 0 Å². The number of carbonyl (C=O) groups is 1. The number of nitrogens with one attached hydrogen (secondary N) is 2. The molecule has 2 atom stereocenters. The number of hydrogen-bond donors (Lipinski definition) is 2. The van der Waals surface area contributed by atoms with E-state index in [1.54, 1.807) is 7.05 Å². The highest BCUT2D eigenvalue weighted by molar-refractivity contribution is 5.75. The van der Waals surface area contributed by atoms with E-state index in [-0.39, 0.29) is 0 Å². The Morgan fingerprint density at radius 1 is 1.33 bits per heavy atom. The number of benzene rings is 1. The second-order valence-electron chi connectivity index (χ2n) is 6.66. The van der Waals surface area contributed by atoms with Crippen LogP contribution in [-0.4, -0.2) is 31.1 Å². The minimum Gasteiger partial charge on any atom is -0.370 e. The molecule has 2 N–H and O–H groups in total. The number of aldehydes is 1. The van der Waals surface area contributed by atoms with Gasteiger partial charge in [-0.25, -0.2) is 0 Å². The minimum atomic E-state index is 0.638. The van der Waals surface area contributed by atoms with Gasteiger partial charge in [0.05, 0.1) is 0 Å². The molecule has 5 heteroatoms. The summed E-state index contributed by atoms with van der Waals surface area (Å²) in [6.07, 6.45) is 4.98. The number of rotatable bonds is 6. The molecule has 2 fully saturated rings. The van der Waals surface area contributed by atoms with E-state index in [0.717, 1.165) is 29.3 Å². The molecule has 128 valence electrons. The lowest BCUT2D eigenvalue weighted by molar-refractivity contribution is 0.112. The summed E-state index contributed by atoms with van der Waals surface area (Å²) in [6.45, 7) is 3.04. The fourth-order valence-corrected chi connectivity index (χ4v) is 2.78. The van der Waals surface area contributed by atoms with Crippen molar-refractivity contribution in [3.63, 3.8) is 0 Å². The van der Waals surface area contributed by atoms with Gasteiger partial charge in [-0.3, -0.25) is 4.79 Å². The van der Waals surface area contributed by atoms with Crippen molar-refractivity contribution in [3.8, 4) is 0 Å². The first-order valence-corrected chi connectivity index (χ1v) is 8.59. The maximum atomic E-state index is 10.7. The SMILES string of the molecule is CNc1cc(C)on1.O=Cc1cccc([C@H]2CC2NCC2CC2)c1.